The molecule has 1 aliphatic heterocycles. The van der Waals surface area contributed by atoms with Crippen molar-refractivity contribution >= 4 is 39.7 Å². The van der Waals surface area contributed by atoms with Crippen molar-refractivity contribution in [2.45, 2.75) is 47.0 Å². The van der Waals surface area contributed by atoms with E-state index in [0.29, 0.717) is 6.54 Å². The fraction of sp³-hybridized carbons (Fsp3) is 0.429. The van der Waals surface area contributed by atoms with Gasteiger partial charge in [-0.05, 0) is 55.9 Å². The summed E-state index contributed by atoms with van der Waals surface area (Å²) in [6.45, 7) is 10.1. The molecule has 0 saturated heterocycles. The number of unbranched alkanes of at least 4 members (excludes halogenated alkanes) is 1. The van der Waals surface area contributed by atoms with Crippen molar-refractivity contribution in [2.24, 2.45) is 0 Å². The minimum absolute atomic E-state index is 0.706. The van der Waals surface area contributed by atoms with Crippen LogP contribution in [0.2, 0.25) is 0 Å². The van der Waals surface area contributed by atoms with Gasteiger partial charge in [-0.2, -0.15) is 0 Å². The predicted molar refractivity (Wildman–Crippen MR) is 146 cm³/mol. The van der Waals surface area contributed by atoms with Crippen molar-refractivity contribution in [1.29, 1.82) is 5.41 Å². The van der Waals surface area contributed by atoms with Crippen LogP contribution < -0.4 is 10.4 Å². The molecule has 0 radical (unpaired) electrons. The third-order valence-corrected chi connectivity index (χ3v) is 5.91. The van der Waals surface area contributed by atoms with Gasteiger partial charge in [-0.1, -0.05) is 79.9 Å². The highest BCUT2D eigenvalue weighted by Crippen LogP contribution is 2.15. The molecule has 0 spiro atoms. The average molecular weight is 515 g/mol. The average Bonchev–Trinajstić information content (AvgIpc) is 2.79. The Kier molecular flexibility index (Phi) is 12.9. The molecule has 0 bridgehead atoms. The summed E-state index contributed by atoms with van der Waals surface area (Å²) in [5.74, 6) is 0. The molecule has 33 heavy (non-hydrogen) atoms. The zero-order valence-electron chi connectivity index (χ0n) is 21.3. The summed E-state index contributed by atoms with van der Waals surface area (Å²) in [6.07, 6.45) is 6.67. The van der Waals surface area contributed by atoms with Gasteiger partial charge in [0.15, 0.2) is 6.29 Å². The Morgan fingerprint density at radius 1 is 1.15 bits per heavy atom. The molecule has 2 aromatic rings. The van der Waals surface area contributed by atoms with Gasteiger partial charge in [0.05, 0.1) is 11.4 Å². The highest BCUT2D eigenvalue weighted by Gasteiger charge is 2.10. The van der Waals surface area contributed by atoms with Gasteiger partial charge in [-0.25, -0.2) is 0 Å². The highest BCUT2D eigenvalue weighted by molar-refractivity contribution is 9.10. The molecule has 2 aromatic carbocycles. The first-order valence-electron chi connectivity index (χ1n) is 11.7. The van der Waals surface area contributed by atoms with Crippen LogP contribution in [0.1, 0.15) is 50.3 Å². The van der Waals surface area contributed by atoms with Crippen LogP contribution in [0, 0.1) is 12.3 Å². The summed E-state index contributed by atoms with van der Waals surface area (Å²) < 4.78 is 1.04. The number of benzene rings is 2. The second kappa shape index (κ2) is 14.8. The van der Waals surface area contributed by atoms with Crippen molar-refractivity contribution in [3.05, 3.63) is 68.0 Å². The van der Waals surface area contributed by atoms with E-state index in [1.54, 1.807) is 0 Å². The van der Waals surface area contributed by atoms with E-state index >= 15 is 0 Å². The number of carbonyl (C=O) groups excluding carboxylic acids is 1. The minimum atomic E-state index is 0.706. The van der Waals surface area contributed by atoms with Gasteiger partial charge in [0.25, 0.3) is 0 Å². The second-order valence-corrected chi connectivity index (χ2v) is 9.41. The first kappa shape index (κ1) is 28.8. The van der Waals surface area contributed by atoms with Gasteiger partial charge in [0.1, 0.15) is 0 Å². The first-order valence-corrected chi connectivity index (χ1v) is 12.5. The van der Waals surface area contributed by atoms with Crippen LogP contribution in [-0.2, 0) is 11.2 Å². The fourth-order valence-corrected chi connectivity index (χ4v) is 3.86. The molecule has 1 N–H and O–H groups in total. The number of hydrogen-bond acceptors (Lipinski definition) is 4. The van der Waals surface area contributed by atoms with Crippen molar-refractivity contribution < 1.29 is 4.79 Å². The van der Waals surface area contributed by atoms with E-state index in [-0.39, 0.29) is 0 Å². The van der Waals surface area contributed by atoms with E-state index in [2.05, 4.69) is 67.9 Å². The maximum Gasteiger partial charge on any atom is 0.166 e. The number of aryl methyl sites for hydroxylation is 2. The van der Waals surface area contributed by atoms with Crippen molar-refractivity contribution in [1.82, 2.24) is 9.80 Å². The van der Waals surface area contributed by atoms with Crippen LogP contribution >= 0.6 is 15.9 Å². The number of halogens is 1. The highest BCUT2D eigenvalue weighted by atomic mass is 79.9. The van der Waals surface area contributed by atoms with Gasteiger partial charge in [0.2, 0.25) is 0 Å². The normalized spacial score (nSPS) is 12.0. The lowest BCUT2D eigenvalue weighted by atomic mass is 9.96. The van der Waals surface area contributed by atoms with Crippen molar-refractivity contribution in [3.8, 4) is 0 Å². The smallest absolute Gasteiger partial charge is 0.166 e. The lowest BCUT2D eigenvalue weighted by Gasteiger charge is -2.20. The minimum Gasteiger partial charge on any atom is -0.368 e. The molecular formula is C28H40BrN3O. The number of rotatable bonds is 6. The topological polar surface area (TPSA) is 47.4 Å². The Morgan fingerprint density at radius 2 is 1.82 bits per heavy atom. The summed E-state index contributed by atoms with van der Waals surface area (Å²) in [7, 11) is 5.92. The maximum atomic E-state index is 10.9. The molecule has 180 valence electrons. The van der Waals surface area contributed by atoms with Crippen LogP contribution in [0.3, 0.4) is 0 Å². The van der Waals surface area contributed by atoms with Crippen LogP contribution in [0.4, 0.5) is 0 Å². The molecule has 1 aliphatic rings. The Morgan fingerprint density at radius 3 is 2.36 bits per heavy atom. The van der Waals surface area contributed by atoms with Gasteiger partial charge < -0.3 is 15.2 Å². The molecule has 0 unspecified atom stereocenters. The molecule has 4 nitrogen and oxygen atoms in total. The monoisotopic (exact) mass is 513 g/mol. The number of aldehydes is 1. The number of nitrogens with zero attached hydrogens (tertiary/aromatic N) is 2. The Labute approximate surface area is 208 Å². The third kappa shape index (κ3) is 8.90. The number of likely N-dealkylation sites (N-methyl/N-ethyl adjacent to an activating group) is 2. The predicted octanol–water partition coefficient (Wildman–Crippen LogP) is 4.78. The van der Waals surface area contributed by atoms with Crippen molar-refractivity contribution in [3.63, 3.8) is 0 Å². The maximum absolute atomic E-state index is 10.9. The Balaban J connectivity index is 0.000000285. The number of hydrogen-bond donors (Lipinski definition) is 1. The molecule has 0 amide bonds. The number of carbonyl (C=O) groups is 1. The zero-order valence-corrected chi connectivity index (χ0v) is 22.9. The molecule has 0 aliphatic carbocycles. The Hall–Kier alpha value is -2.24. The molecule has 3 rings (SSSR count). The molecule has 0 aromatic heterocycles. The molecule has 1 heterocycles. The summed E-state index contributed by atoms with van der Waals surface area (Å²) in [5.41, 5.74) is 5.10. The molecule has 0 fully saturated rings. The summed E-state index contributed by atoms with van der Waals surface area (Å²) in [5, 5.41) is 10.2. The SMILES string of the molecule is CCCC.CCc1cccc(C)c1C(=N)CN(C)C.CN1CC=c2cc(Br)ccc2=C1C=O. The fourth-order valence-electron chi connectivity index (χ4n) is 3.48. The van der Waals surface area contributed by atoms with Crippen LogP contribution in [0.5, 0.6) is 0 Å². The quantitative estimate of drug-likeness (QED) is 0.446. The van der Waals surface area contributed by atoms with E-state index in [0.717, 1.165) is 51.1 Å². The molecule has 0 saturated carbocycles. The molecule has 0 atom stereocenters. The summed E-state index contributed by atoms with van der Waals surface area (Å²) in [4.78, 5) is 14.9. The zero-order chi connectivity index (χ0) is 25.0. The van der Waals surface area contributed by atoms with Crippen LogP contribution in [0.15, 0.2) is 40.9 Å². The molecular weight excluding hydrogens is 474 g/mol. The van der Waals surface area contributed by atoms with E-state index < -0.39 is 0 Å². The summed E-state index contributed by atoms with van der Waals surface area (Å²) in [6, 6.07) is 12.2. The lowest BCUT2D eigenvalue weighted by Crippen LogP contribution is -2.38. The van der Waals surface area contributed by atoms with Crippen LogP contribution in [-0.4, -0.2) is 56.0 Å². The van der Waals surface area contributed by atoms with E-state index in [1.165, 1.54) is 24.0 Å². The Bertz CT molecular complexity index is 1040. The standard InChI is InChI=1S/C13H20N2.C11H10BrNO.C4H10/c1-5-11-8-6-7-10(2)13(11)12(14)9-15(3)4;1-13-5-4-8-6-9(12)2-3-10(8)11(13)7-14;1-3-4-2/h6-8,14H,5,9H2,1-4H3;2-4,6-7H,5H2,1H3;3-4H2,1-2H3. The first-order chi connectivity index (χ1) is 15.7. The van der Waals surface area contributed by atoms with Crippen LogP contribution in [0.25, 0.3) is 11.8 Å². The van der Waals surface area contributed by atoms with E-state index in [4.69, 9.17) is 5.41 Å². The second-order valence-electron chi connectivity index (χ2n) is 8.50. The largest absolute Gasteiger partial charge is 0.368 e. The lowest BCUT2D eigenvalue weighted by molar-refractivity contribution is -0.104. The third-order valence-electron chi connectivity index (χ3n) is 5.41. The van der Waals surface area contributed by atoms with Gasteiger partial charge in [-0.15, -0.1) is 0 Å². The van der Waals surface area contributed by atoms with Gasteiger partial charge >= 0.3 is 0 Å². The number of fused-ring (bicyclic) bond motifs is 1. The van der Waals surface area contributed by atoms with Gasteiger partial charge in [-0.3, -0.25) is 4.79 Å². The molecule has 5 heteroatoms. The van der Waals surface area contributed by atoms with E-state index in [1.807, 2.05) is 49.1 Å². The summed E-state index contributed by atoms with van der Waals surface area (Å²) >= 11 is 3.42. The van der Waals surface area contributed by atoms with E-state index in [9.17, 15) is 4.79 Å². The number of nitrogens with one attached hydrogen (secondary N) is 1. The van der Waals surface area contributed by atoms with Crippen molar-refractivity contribution in [2.75, 3.05) is 34.2 Å². The van der Waals surface area contributed by atoms with Gasteiger partial charge in [0, 0.05) is 35.4 Å².